The van der Waals surface area contributed by atoms with E-state index in [1.54, 1.807) is 25.3 Å². The van der Waals surface area contributed by atoms with Gasteiger partial charge in [-0.2, -0.15) is 0 Å². The molecule has 0 spiro atoms. The van der Waals surface area contributed by atoms with Crippen LogP contribution >= 0.6 is 15.9 Å². The van der Waals surface area contributed by atoms with E-state index in [9.17, 15) is 15.0 Å². The Hall–Kier alpha value is -1.07. The number of carboxylic acids is 1. The summed E-state index contributed by atoms with van der Waals surface area (Å²) in [4.78, 5) is 11.6. The van der Waals surface area contributed by atoms with Gasteiger partial charge in [-0.25, -0.2) is 0 Å². The van der Waals surface area contributed by atoms with Gasteiger partial charge in [0.15, 0.2) is 0 Å². The largest absolute Gasteiger partial charge is 0.496 e. The van der Waals surface area contributed by atoms with Gasteiger partial charge >= 0.3 is 5.97 Å². The van der Waals surface area contributed by atoms with Gasteiger partial charge in [-0.15, -0.1) is 0 Å². The van der Waals surface area contributed by atoms with Gasteiger partial charge in [-0.1, -0.05) is 18.9 Å². The second-order valence-corrected chi connectivity index (χ2v) is 5.83. The summed E-state index contributed by atoms with van der Waals surface area (Å²) in [5, 5.41) is 20.0. The average Bonchev–Trinajstić information content (AvgIpc) is 2.76. The molecular weight excluding hydrogens is 312 g/mol. The number of hydrogen-bond donors (Lipinski definition) is 2. The maximum Gasteiger partial charge on any atom is 0.313 e. The maximum absolute atomic E-state index is 11.6. The molecule has 0 aliphatic heterocycles. The Balaban J connectivity index is 2.39. The second-order valence-electron chi connectivity index (χ2n) is 4.98. The van der Waals surface area contributed by atoms with Crippen LogP contribution in [0.4, 0.5) is 0 Å². The number of methoxy groups -OCH3 is 1. The van der Waals surface area contributed by atoms with Gasteiger partial charge in [0.1, 0.15) is 11.7 Å². The summed E-state index contributed by atoms with van der Waals surface area (Å²) < 4.78 is 5.83. The van der Waals surface area contributed by atoms with Crippen molar-refractivity contribution in [1.29, 1.82) is 0 Å². The molecule has 1 atom stereocenters. The monoisotopic (exact) mass is 328 g/mol. The Morgan fingerprint density at radius 3 is 2.53 bits per heavy atom. The molecule has 19 heavy (non-hydrogen) atoms. The molecule has 1 saturated carbocycles. The van der Waals surface area contributed by atoms with Crippen LogP contribution in [0.5, 0.6) is 5.75 Å². The molecule has 0 radical (unpaired) electrons. The number of hydrogen-bond acceptors (Lipinski definition) is 3. The molecule has 0 unspecified atom stereocenters. The summed E-state index contributed by atoms with van der Waals surface area (Å²) in [6.07, 6.45) is 2.82. The third-order valence-electron chi connectivity index (χ3n) is 3.76. The Labute approximate surface area is 120 Å². The van der Waals surface area contributed by atoms with Crippen LogP contribution in [-0.2, 0) is 4.79 Å². The number of halogens is 1. The van der Waals surface area contributed by atoms with Crippen LogP contribution in [0, 0.1) is 0 Å². The molecule has 1 aliphatic rings. The van der Waals surface area contributed by atoms with Gasteiger partial charge in [0, 0.05) is 0 Å². The Kier molecular flexibility index (Phi) is 4.16. The molecule has 2 rings (SSSR count). The van der Waals surface area contributed by atoms with E-state index in [4.69, 9.17) is 4.74 Å². The second kappa shape index (κ2) is 5.51. The molecule has 1 aromatic rings. The standard InChI is InChI=1S/C14H17BrO4/c1-19-11-5-4-9(8-10(11)15)12(13(16)17)14(18)6-2-3-7-14/h4-5,8,12,18H,2-3,6-7H2,1H3,(H,16,17)/t12-/m0/s1. The highest BCUT2D eigenvalue weighted by Gasteiger charge is 2.44. The molecule has 1 aliphatic carbocycles. The highest BCUT2D eigenvalue weighted by Crippen LogP contribution is 2.42. The molecule has 2 N–H and O–H groups in total. The van der Waals surface area contributed by atoms with E-state index in [0.717, 1.165) is 12.8 Å². The van der Waals surface area contributed by atoms with E-state index in [0.29, 0.717) is 28.6 Å². The van der Waals surface area contributed by atoms with Gasteiger partial charge in [-0.05, 0) is 46.5 Å². The van der Waals surface area contributed by atoms with Crippen molar-refractivity contribution in [3.63, 3.8) is 0 Å². The number of aliphatic carboxylic acids is 1. The smallest absolute Gasteiger partial charge is 0.313 e. The van der Waals surface area contributed by atoms with Crippen molar-refractivity contribution in [2.75, 3.05) is 7.11 Å². The Bertz CT molecular complexity index is 480. The van der Waals surface area contributed by atoms with Crippen molar-refractivity contribution in [3.05, 3.63) is 28.2 Å². The lowest BCUT2D eigenvalue weighted by atomic mass is 9.81. The highest BCUT2D eigenvalue weighted by molar-refractivity contribution is 9.10. The fourth-order valence-corrected chi connectivity index (χ4v) is 3.38. The zero-order valence-corrected chi connectivity index (χ0v) is 12.3. The molecule has 104 valence electrons. The van der Waals surface area contributed by atoms with Crippen LogP contribution in [0.2, 0.25) is 0 Å². The Morgan fingerprint density at radius 1 is 1.42 bits per heavy atom. The fraction of sp³-hybridized carbons (Fsp3) is 0.500. The zero-order valence-electron chi connectivity index (χ0n) is 10.7. The number of aliphatic hydroxyl groups is 1. The van der Waals surface area contributed by atoms with Gasteiger partial charge in [0.05, 0.1) is 17.2 Å². The predicted molar refractivity (Wildman–Crippen MR) is 74.5 cm³/mol. The SMILES string of the molecule is COc1ccc([C@@H](C(=O)O)C2(O)CCCC2)cc1Br. The van der Waals surface area contributed by atoms with E-state index >= 15 is 0 Å². The molecule has 0 aromatic heterocycles. The van der Waals surface area contributed by atoms with Crippen LogP contribution < -0.4 is 4.74 Å². The van der Waals surface area contributed by atoms with E-state index in [1.807, 2.05) is 0 Å². The summed E-state index contributed by atoms with van der Waals surface area (Å²) in [5.41, 5.74) is -0.538. The van der Waals surface area contributed by atoms with Gasteiger partial charge < -0.3 is 14.9 Å². The van der Waals surface area contributed by atoms with Crippen molar-refractivity contribution in [1.82, 2.24) is 0 Å². The van der Waals surface area contributed by atoms with Crippen molar-refractivity contribution in [2.24, 2.45) is 0 Å². The van der Waals surface area contributed by atoms with E-state index < -0.39 is 17.5 Å². The lowest BCUT2D eigenvalue weighted by molar-refractivity contribution is -0.145. The van der Waals surface area contributed by atoms with Crippen LogP contribution in [0.1, 0.15) is 37.2 Å². The first-order valence-electron chi connectivity index (χ1n) is 6.26. The molecule has 0 heterocycles. The number of rotatable bonds is 4. The van der Waals surface area contributed by atoms with E-state index in [1.165, 1.54) is 0 Å². The van der Waals surface area contributed by atoms with Crippen molar-refractivity contribution in [3.8, 4) is 5.75 Å². The Morgan fingerprint density at radius 2 is 2.05 bits per heavy atom. The maximum atomic E-state index is 11.6. The lowest BCUT2D eigenvalue weighted by Gasteiger charge is -2.30. The normalized spacial score (nSPS) is 19.1. The van der Waals surface area contributed by atoms with Crippen LogP contribution in [0.15, 0.2) is 22.7 Å². The molecule has 1 aromatic carbocycles. The lowest BCUT2D eigenvalue weighted by Crippen LogP contribution is -2.38. The van der Waals surface area contributed by atoms with Crippen LogP contribution in [0.25, 0.3) is 0 Å². The van der Waals surface area contributed by atoms with Gasteiger partial charge in [0.25, 0.3) is 0 Å². The van der Waals surface area contributed by atoms with Gasteiger partial charge in [-0.3, -0.25) is 4.79 Å². The fourth-order valence-electron chi connectivity index (χ4n) is 2.82. The topological polar surface area (TPSA) is 66.8 Å². The minimum atomic E-state index is -1.14. The summed E-state index contributed by atoms with van der Waals surface area (Å²) in [7, 11) is 1.55. The first-order valence-corrected chi connectivity index (χ1v) is 7.06. The molecule has 1 fully saturated rings. The number of ether oxygens (including phenoxy) is 1. The summed E-state index contributed by atoms with van der Waals surface area (Å²) in [5.74, 6) is -1.23. The van der Waals surface area contributed by atoms with Crippen LogP contribution in [0.3, 0.4) is 0 Å². The quantitative estimate of drug-likeness (QED) is 0.891. The molecular formula is C14H17BrO4. The summed E-state index contributed by atoms with van der Waals surface area (Å²) in [6, 6.07) is 5.14. The summed E-state index contributed by atoms with van der Waals surface area (Å²) in [6.45, 7) is 0. The zero-order chi connectivity index (χ0) is 14.0. The third kappa shape index (κ3) is 2.77. The first kappa shape index (κ1) is 14.3. The first-order chi connectivity index (χ1) is 8.98. The number of carbonyl (C=O) groups is 1. The van der Waals surface area contributed by atoms with Crippen molar-refractivity contribution < 1.29 is 19.7 Å². The third-order valence-corrected chi connectivity index (χ3v) is 4.38. The molecule has 5 heteroatoms. The number of benzene rings is 1. The van der Waals surface area contributed by atoms with Crippen molar-refractivity contribution in [2.45, 2.75) is 37.2 Å². The van der Waals surface area contributed by atoms with E-state index in [-0.39, 0.29) is 0 Å². The van der Waals surface area contributed by atoms with E-state index in [2.05, 4.69) is 15.9 Å². The molecule has 0 amide bonds. The average molecular weight is 329 g/mol. The summed E-state index contributed by atoms with van der Waals surface area (Å²) >= 11 is 3.35. The molecule has 0 saturated heterocycles. The minimum absolute atomic E-state index is 0.535. The highest BCUT2D eigenvalue weighted by atomic mass is 79.9. The molecule has 0 bridgehead atoms. The van der Waals surface area contributed by atoms with Gasteiger partial charge in [0.2, 0.25) is 0 Å². The van der Waals surface area contributed by atoms with Crippen LogP contribution in [-0.4, -0.2) is 28.9 Å². The minimum Gasteiger partial charge on any atom is -0.496 e. The van der Waals surface area contributed by atoms with Crippen molar-refractivity contribution >= 4 is 21.9 Å². The predicted octanol–water partition coefficient (Wildman–Crippen LogP) is 2.93. The number of carboxylic acid groups (broad SMARTS) is 1. The molecule has 4 nitrogen and oxygen atoms in total.